The highest BCUT2D eigenvalue weighted by Gasteiger charge is 2.30. The fourth-order valence-electron chi connectivity index (χ4n) is 2.84. The highest BCUT2D eigenvalue weighted by Crippen LogP contribution is 2.31. The van der Waals surface area contributed by atoms with Gasteiger partial charge in [-0.3, -0.25) is 14.7 Å². The van der Waals surface area contributed by atoms with Gasteiger partial charge in [-0.25, -0.2) is 4.98 Å². The lowest BCUT2D eigenvalue weighted by molar-refractivity contribution is -0.137. The minimum atomic E-state index is -4.39. The Morgan fingerprint density at radius 2 is 2.07 bits per heavy atom. The van der Waals surface area contributed by atoms with Crippen molar-refractivity contribution in [1.29, 1.82) is 0 Å². The van der Waals surface area contributed by atoms with E-state index in [-0.39, 0.29) is 6.54 Å². The largest absolute Gasteiger partial charge is 0.416 e. The molecule has 2 N–H and O–H groups in total. The van der Waals surface area contributed by atoms with E-state index < -0.39 is 18.0 Å². The summed E-state index contributed by atoms with van der Waals surface area (Å²) >= 11 is 1.45. The maximum absolute atomic E-state index is 12.8. The number of fused-ring (bicyclic) bond motifs is 1. The first kappa shape index (κ1) is 18.6. The molecule has 4 rings (SSSR count). The van der Waals surface area contributed by atoms with Crippen molar-refractivity contribution in [3.63, 3.8) is 0 Å². The molecule has 0 aliphatic rings. The number of alkyl halides is 3. The summed E-state index contributed by atoms with van der Waals surface area (Å²) in [5, 5.41) is 15.0. The van der Waals surface area contributed by atoms with Crippen molar-refractivity contribution in [2.75, 3.05) is 0 Å². The average Bonchev–Trinajstić information content (AvgIpc) is 3.32. The Morgan fingerprint density at radius 1 is 1.21 bits per heavy atom. The van der Waals surface area contributed by atoms with Crippen molar-refractivity contribution in [3.05, 3.63) is 77.2 Å². The fourth-order valence-corrected chi connectivity index (χ4v) is 3.78. The van der Waals surface area contributed by atoms with Gasteiger partial charge in [-0.1, -0.05) is 18.2 Å². The summed E-state index contributed by atoms with van der Waals surface area (Å²) in [4.78, 5) is 9.23. The Morgan fingerprint density at radius 3 is 2.89 bits per heavy atom. The van der Waals surface area contributed by atoms with Gasteiger partial charge in [0.2, 0.25) is 0 Å². The van der Waals surface area contributed by atoms with Gasteiger partial charge >= 0.3 is 6.18 Å². The van der Waals surface area contributed by atoms with Gasteiger partial charge in [-0.2, -0.15) is 13.2 Å². The number of halogens is 3. The van der Waals surface area contributed by atoms with Crippen LogP contribution >= 0.6 is 11.3 Å². The molecular formula is C19H15F3N4OS. The molecule has 0 aliphatic heterocycles. The minimum absolute atomic E-state index is 0.109. The number of thiophene rings is 1. The van der Waals surface area contributed by atoms with Crippen LogP contribution in [0.4, 0.5) is 13.2 Å². The average molecular weight is 404 g/mol. The van der Waals surface area contributed by atoms with Crippen LogP contribution in [-0.2, 0) is 12.7 Å². The van der Waals surface area contributed by atoms with E-state index in [2.05, 4.69) is 15.3 Å². The van der Waals surface area contributed by atoms with Gasteiger partial charge in [0.15, 0.2) is 5.65 Å². The molecule has 1 atom stereocenters. The van der Waals surface area contributed by atoms with E-state index in [1.807, 2.05) is 10.5 Å². The Hall–Kier alpha value is -2.75. The molecule has 9 heteroatoms. The van der Waals surface area contributed by atoms with Gasteiger partial charge in [0, 0.05) is 24.5 Å². The molecule has 5 nitrogen and oxygen atoms in total. The lowest BCUT2D eigenvalue weighted by Gasteiger charge is -2.13. The zero-order valence-electron chi connectivity index (χ0n) is 14.4. The number of aromatic nitrogens is 3. The molecule has 28 heavy (non-hydrogen) atoms. The maximum Gasteiger partial charge on any atom is 0.416 e. The number of nitrogens with zero attached hydrogens (tertiary/aromatic N) is 3. The molecule has 4 aromatic rings. The Kier molecular flexibility index (Phi) is 4.88. The zero-order valence-corrected chi connectivity index (χ0v) is 15.2. The van der Waals surface area contributed by atoms with E-state index in [1.165, 1.54) is 17.4 Å². The quantitative estimate of drug-likeness (QED) is 0.488. The number of hydrogen-bond acceptors (Lipinski definition) is 5. The molecular weight excluding hydrogens is 389 g/mol. The molecule has 0 saturated carbocycles. The van der Waals surface area contributed by atoms with Gasteiger partial charge < -0.3 is 5.11 Å². The van der Waals surface area contributed by atoms with Crippen LogP contribution in [-0.4, -0.2) is 19.5 Å². The maximum atomic E-state index is 12.8. The highest BCUT2D eigenvalue weighted by molar-refractivity contribution is 7.13. The molecule has 3 aromatic heterocycles. The van der Waals surface area contributed by atoms with Gasteiger partial charge in [0.25, 0.3) is 0 Å². The molecule has 1 aromatic carbocycles. The topological polar surface area (TPSA) is 62.5 Å². The normalized spacial score (nSPS) is 13.1. The highest BCUT2D eigenvalue weighted by atomic mass is 32.1. The van der Waals surface area contributed by atoms with Crippen LogP contribution in [0.15, 0.2) is 60.5 Å². The number of nitrogens with one attached hydrogen (secondary N) is 1. The lowest BCUT2D eigenvalue weighted by atomic mass is 10.1. The standard InChI is InChI=1S/C19H15F3N4OS/c20-19(21,22)14-3-1-2-12(6-14)8-25-18(27)13-7-16(28-11-13)15-9-24-17-10-23-4-5-26(15)17/h1-7,9-11,18,25,27H,8H2. The first-order chi connectivity index (χ1) is 13.4. The SMILES string of the molecule is OC(NCc1cccc(C(F)(F)F)c1)c1csc(-c2cnc3cnccn23)c1. The predicted octanol–water partition coefficient (Wildman–Crippen LogP) is 4.26. The van der Waals surface area contributed by atoms with E-state index in [0.717, 1.165) is 28.4 Å². The second-order valence-electron chi connectivity index (χ2n) is 6.17. The molecule has 0 radical (unpaired) electrons. The lowest BCUT2D eigenvalue weighted by Crippen LogP contribution is -2.20. The minimum Gasteiger partial charge on any atom is -0.374 e. The first-order valence-corrected chi connectivity index (χ1v) is 9.23. The second kappa shape index (κ2) is 7.34. The van der Waals surface area contributed by atoms with Gasteiger partial charge in [-0.05, 0) is 23.1 Å². The van der Waals surface area contributed by atoms with E-state index >= 15 is 0 Å². The van der Waals surface area contributed by atoms with Crippen LogP contribution in [0.1, 0.15) is 22.9 Å². The fraction of sp³-hybridized carbons (Fsp3) is 0.158. The third-order valence-electron chi connectivity index (χ3n) is 4.26. The van der Waals surface area contributed by atoms with Crippen molar-refractivity contribution in [3.8, 4) is 10.6 Å². The van der Waals surface area contributed by atoms with Crippen LogP contribution in [0.2, 0.25) is 0 Å². The molecule has 0 aliphatic carbocycles. The third-order valence-corrected chi connectivity index (χ3v) is 5.23. The Balaban J connectivity index is 1.47. The summed E-state index contributed by atoms with van der Waals surface area (Å²) in [7, 11) is 0. The second-order valence-corrected chi connectivity index (χ2v) is 7.09. The van der Waals surface area contributed by atoms with E-state index in [4.69, 9.17) is 0 Å². The van der Waals surface area contributed by atoms with Gasteiger partial charge in [-0.15, -0.1) is 11.3 Å². The van der Waals surface area contributed by atoms with Crippen LogP contribution in [0.5, 0.6) is 0 Å². The molecule has 3 heterocycles. The number of imidazole rings is 1. The Bertz CT molecular complexity index is 1110. The van der Waals surface area contributed by atoms with E-state index in [0.29, 0.717) is 11.1 Å². The number of aliphatic hydroxyl groups excluding tert-OH is 1. The summed E-state index contributed by atoms with van der Waals surface area (Å²) < 4.78 is 40.3. The van der Waals surface area contributed by atoms with Crippen molar-refractivity contribution < 1.29 is 18.3 Å². The molecule has 1 unspecified atom stereocenters. The zero-order chi connectivity index (χ0) is 19.7. The number of benzene rings is 1. The van der Waals surface area contributed by atoms with Crippen molar-refractivity contribution in [2.45, 2.75) is 18.9 Å². The number of rotatable bonds is 5. The van der Waals surface area contributed by atoms with Gasteiger partial charge in [0.1, 0.15) is 6.23 Å². The van der Waals surface area contributed by atoms with Gasteiger partial charge in [0.05, 0.1) is 28.5 Å². The number of aliphatic hydroxyl groups is 1. The first-order valence-electron chi connectivity index (χ1n) is 8.35. The van der Waals surface area contributed by atoms with E-state index in [1.54, 1.807) is 36.2 Å². The molecule has 0 amide bonds. The molecule has 0 spiro atoms. The van der Waals surface area contributed by atoms with Crippen LogP contribution in [0.25, 0.3) is 16.2 Å². The number of hydrogen-bond donors (Lipinski definition) is 2. The Labute approximate surface area is 162 Å². The van der Waals surface area contributed by atoms with Crippen LogP contribution in [0, 0.1) is 0 Å². The predicted molar refractivity (Wildman–Crippen MR) is 99.5 cm³/mol. The smallest absolute Gasteiger partial charge is 0.374 e. The summed E-state index contributed by atoms with van der Waals surface area (Å²) in [6.45, 7) is 0.109. The van der Waals surface area contributed by atoms with Crippen molar-refractivity contribution in [1.82, 2.24) is 19.7 Å². The monoisotopic (exact) mass is 404 g/mol. The van der Waals surface area contributed by atoms with Crippen molar-refractivity contribution in [2.24, 2.45) is 0 Å². The summed E-state index contributed by atoms with van der Waals surface area (Å²) in [6.07, 6.45) is 1.47. The summed E-state index contributed by atoms with van der Waals surface area (Å²) in [5.41, 5.74) is 1.96. The summed E-state index contributed by atoms with van der Waals surface area (Å²) in [5.74, 6) is 0. The van der Waals surface area contributed by atoms with Crippen LogP contribution in [0.3, 0.4) is 0 Å². The molecule has 144 valence electrons. The third kappa shape index (κ3) is 3.77. The summed E-state index contributed by atoms with van der Waals surface area (Å²) in [6, 6.07) is 6.87. The molecule has 0 fully saturated rings. The molecule has 0 saturated heterocycles. The van der Waals surface area contributed by atoms with Crippen molar-refractivity contribution >= 4 is 17.0 Å². The van der Waals surface area contributed by atoms with Crippen LogP contribution < -0.4 is 5.32 Å². The molecule has 0 bridgehead atoms. The van der Waals surface area contributed by atoms with E-state index in [9.17, 15) is 18.3 Å².